The van der Waals surface area contributed by atoms with Crippen LogP contribution in [0.25, 0.3) is 0 Å². The number of nitrogens with one attached hydrogen (secondary N) is 2. The van der Waals surface area contributed by atoms with Crippen molar-refractivity contribution in [1.29, 1.82) is 0 Å². The van der Waals surface area contributed by atoms with E-state index in [0.717, 1.165) is 37.5 Å². The summed E-state index contributed by atoms with van der Waals surface area (Å²) >= 11 is 1.58. The zero-order valence-electron chi connectivity index (χ0n) is 12.8. The van der Waals surface area contributed by atoms with Crippen LogP contribution < -0.4 is 15.5 Å². The minimum Gasteiger partial charge on any atom is -0.354 e. The van der Waals surface area contributed by atoms with Gasteiger partial charge in [0.05, 0.1) is 0 Å². The Kier molecular flexibility index (Phi) is 5.36. The first-order chi connectivity index (χ1) is 11.3. The van der Waals surface area contributed by atoms with Gasteiger partial charge >= 0.3 is 0 Å². The van der Waals surface area contributed by atoms with Gasteiger partial charge in [-0.2, -0.15) is 0 Å². The van der Waals surface area contributed by atoms with Crippen molar-refractivity contribution in [3.8, 4) is 0 Å². The lowest BCUT2D eigenvalue weighted by Crippen LogP contribution is -2.43. The predicted molar refractivity (Wildman–Crippen MR) is 90.6 cm³/mol. The first-order valence-corrected chi connectivity index (χ1v) is 8.67. The summed E-state index contributed by atoms with van der Waals surface area (Å²) in [6, 6.07) is 1.69. The number of carbonyl (C=O) groups excluding carboxylic acids is 1. The van der Waals surface area contributed by atoms with Gasteiger partial charge in [-0.05, 0) is 25.3 Å². The van der Waals surface area contributed by atoms with Crippen LogP contribution in [-0.2, 0) is 4.79 Å². The van der Waals surface area contributed by atoms with Crippen LogP contribution in [0.2, 0.25) is 0 Å². The summed E-state index contributed by atoms with van der Waals surface area (Å²) in [5.74, 6) is 0.707. The van der Waals surface area contributed by atoms with Crippen molar-refractivity contribution in [2.75, 3.05) is 29.9 Å². The molecule has 0 unspecified atom stereocenters. The molecule has 0 saturated carbocycles. The Hall–Kier alpha value is -2.22. The minimum absolute atomic E-state index is 0.0911. The van der Waals surface area contributed by atoms with Gasteiger partial charge in [0.1, 0.15) is 6.04 Å². The summed E-state index contributed by atoms with van der Waals surface area (Å²) in [5.41, 5.74) is 0. The number of amides is 1. The van der Waals surface area contributed by atoms with Gasteiger partial charge in [-0.1, -0.05) is 0 Å². The van der Waals surface area contributed by atoms with Gasteiger partial charge in [0.15, 0.2) is 5.13 Å². The van der Waals surface area contributed by atoms with E-state index in [2.05, 4.69) is 30.5 Å². The van der Waals surface area contributed by atoms with Crippen molar-refractivity contribution in [1.82, 2.24) is 20.3 Å². The van der Waals surface area contributed by atoms with Gasteiger partial charge in [0.25, 0.3) is 0 Å². The number of anilines is 2. The van der Waals surface area contributed by atoms with Crippen molar-refractivity contribution in [2.45, 2.75) is 25.3 Å². The number of rotatable bonds is 7. The van der Waals surface area contributed by atoms with Gasteiger partial charge in [-0.25, -0.2) is 15.0 Å². The Bertz CT molecular complexity index is 606. The lowest BCUT2D eigenvalue weighted by molar-refractivity contribution is -0.122. The fraction of sp³-hybridized carbons (Fsp3) is 0.467. The van der Waals surface area contributed by atoms with Crippen LogP contribution >= 0.6 is 11.3 Å². The Morgan fingerprint density at radius 2 is 2.13 bits per heavy atom. The maximum atomic E-state index is 12.4. The van der Waals surface area contributed by atoms with E-state index in [-0.39, 0.29) is 11.9 Å². The molecule has 23 heavy (non-hydrogen) atoms. The van der Waals surface area contributed by atoms with Crippen LogP contribution in [0.5, 0.6) is 0 Å². The number of thiazole rings is 1. The van der Waals surface area contributed by atoms with Crippen LogP contribution in [0.1, 0.15) is 19.3 Å². The molecule has 3 rings (SSSR count). The van der Waals surface area contributed by atoms with Crippen LogP contribution in [-0.4, -0.2) is 46.5 Å². The molecule has 2 aromatic rings. The summed E-state index contributed by atoms with van der Waals surface area (Å²) in [7, 11) is 0. The number of carbonyl (C=O) groups is 1. The van der Waals surface area contributed by atoms with E-state index in [1.807, 2.05) is 5.38 Å². The zero-order chi connectivity index (χ0) is 15.9. The lowest BCUT2D eigenvalue weighted by atomic mass is 10.2. The van der Waals surface area contributed by atoms with Gasteiger partial charge < -0.3 is 15.5 Å². The van der Waals surface area contributed by atoms with E-state index in [4.69, 9.17) is 0 Å². The van der Waals surface area contributed by atoms with Crippen molar-refractivity contribution in [3.05, 3.63) is 30.0 Å². The largest absolute Gasteiger partial charge is 0.354 e. The molecular formula is C15H20N6OS. The highest BCUT2D eigenvalue weighted by molar-refractivity contribution is 7.13. The van der Waals surface area contributed by atoms with Crippen molar-refractivity contribution < 1.29 is 4.79 Å². The molecule has 0 spiro atoms. The monoisotopic (exact) mass is 332 g/mol. The maximum Gasteiger partial charge on any atom is 0.242 e. The molecule has 2 N–H and O–H groups in total. The van der Waals surface area contributed by atoms with Gasteiger partial charge in [-0.3, -0.25) is 4.79 Å². The van der Waals surface area contributed by atoms with E-state index < -0.39 is 0 Å². The summed E-state index contributed by atoms with van der Waals surface area (Å²) in [6.45, 7) is 2.27. The predicted octanol–water partition coefficient (Wildman–Crippen LogP) is 1.52. The van der Waals surface area contributed by atoms with Crippen LogP contribution in [0.4, 0.5) is 11.1 Å². The zero-order valence-corrected chi connectivity index (χ0v) is 13.6. The van der Waals surface area contributed by atoms with Crippen LogP contribution in [0, 0.1) is 0 Å². The minimum atomic E-state index is -0.0911. The number of hydrogen-bond donors (Lipinski definition) is 2. The summed E-state index contributed by atoms with van der Waals surface area (Å²) in [5, 5.41) is 9.03. The highest BCUT2D eigenvalue weighted by Gasteiger charge is 2.31. The SMILES string of the molecule is O=C(NCCCNc1ncccn1)[C@@H]1CCCN1c1nccs1. The number of nitrogens with zero attached hydrogens (tertiary/aromatic N) is 4. The molecule has 1 amide bonds. The highest BCUT2D eigenvalue weighted by atomic mass is 32.1. The van der Waals surface area contributed by atoms with E-state index in [1.165, 1.54) is 0 Å². The molecule has 1 fully saturated rings. The van der Waals surface area contributed by atoms with Gasteiger partial charge in [0.2, 0.25) is 11.9 Å². The first-order valence-electron chi connectivity index (χ1n) is 7.79. The number of hydrogen-bond acceptors (Lipinski definition) is 7. The van der Waals surface area contributed by atoms with Crippen LogP contribution in [0.3, 0.4) is 0 Å². The van der Waals surface area contributed by atoms with E-state index in [9.17, 15) is 4.79 Å². The Morgan fingerprint density at radius 3 is 2.91 bits per heavy atom. The van der Waals surface area contributed by atoms with Crippen molar-refractivity contribution in [3.63, 3.8) is 0 Å². The molecule has 1 atom stereocenters. The topological polar surface area (TPSA) is 83.0 Å². The molecule has 1 aliphatic heterocycles. The molecule has 0 aromatic carbocycles. The molecule has 0 aliphatic carbocycles. The van der Waals surface area contributed by atoms with E-state index in [1.54, 1.807) is 36.0 Å². The molecule has 0 bridgehead atoms. The third-order valence-corrected chi connectivity index (χ3v) is 4.53. The normalized spacial score (nSPS) is 17.2. The lowest BCUT2D eigenvalue weighted by Gasteiger charge is -2.23. The highest BCUT2D eigenvalue weighted by Crippen LogP contribution is 2.27. The summed E-state index contributed by atoms with van der Waals surface area (Å²) < 4.78 is 0. The molecule has 8 heteroatoms. The Morgan fingerprint density at radius 1 is 1.26 bits per heavy atom. The third kappa shape index (κ3) is 4.16. The number of aromatic nitrogens is 3. The molecule has 7 nitrogen and oxygen atoms in total. The van der Waals surface area contributed by atoms with Gasteiger partial charge in [0, 0.05) is 43.6 Å². The molecule has 2 aromatic heterocycles. The second-order valence-corrected chi connectivity index (χ2v) is 6.18. The Labute approximate surface area is 139 Å². The molecular weight excluding hydrogens is 312 g/mol. The van der Waals surface area contributed by atoms with Crippen molar-refractivity contribution in [2.24, 2.45) is 0 Å². The summed E-state index contributed by atoms with van der Waals surface area (Å²) in [6.07, 6.45) is 7.93. The fourth-order valence-corrected chi connectivity index (χ4v) is 3.35. The second-order valence-electron chi connectivity index (χ2n) is 5.31. The standard InChI is InChI=1S/C15H20N6OS/c22-13(12-4-1-10-21(12)15-20-9-11-23-15)16-5-2-6-17-14-18-7-3-8-19-14/h3,7-9,11-12H,1-2,4-6,10H2,(H,16,22)(H,17,18,19)/t12-/m0/s1. The van der Waals surface area contributed by atoms with Crippen molar-refractivity contribution >= 4 is 28.3 Å². The van der Waals surface area contributed by atoms with Crippen LogP contribution in [0.15, 0.2) is 30.0 Å². The molecule has 1 aliphatic rings. The average Bonchev–Trinajstić information content (AvgIpc) is 3.26. The van der Waals surface area contributed by atoms with E-state index in [0.29, 0.717) is 12.5 Å². The fourth-order valence-electron chi connectivity index (χ4n) is 2.63. The maximum absolute atomic E-state index is 12.4. The average molecular weight is 332 g/mol. The third-order valence-electron chi connectivity index (χ3n) is 3.72. The molecule has 1 saturated heterocycles. The second kappa shape index (κ2) is 7.87. The molecule has 3 heterocycles. The van der Waals surface area contributed by atoms with E-state index >= 15 is 0 Å². The molecule has 0 radical (unpaired) electrons. The molecule has 122 valence electrons. The summed E-state index contributed by atoms with van der Waals surface area (Å²) in [4.78, 5) is 27.0. The quantitative estimate of drug-likeness (QED) is 0.748. The first kappa shape index (κ1) is 15.7. The van der Waals surface area contributed by atoms with Gasteiger partial charge in [-0.15, -0.1) is 11.3 Å². The Balaban J connectivity index is 1.39. The smallest absolute Gasteiger partial charge is 0.242 e.